The SMILES string of the molecule is N#Cc1ccc(NC(=O)CCN2CCC(C3OCCO3)CC2)cc1Cl. The highest BCUT2D eigenvalue weighted by molar-refractivity contribution is 6.32. The van der Waals surface area contributed by atoms with E-state index in [0.29, 0.717) is 41.8 Å². The summed E-state index contributed by atoms with van der Waals surface area (Å²) in [7, 11) is 0. The minimum absolute atomic E-state index is 0.0356. The summed E-state index contributed by atoms with van der Waals surface area (Å²) in [6, 6.07) is 6.90. The van der Waals surface area contributed by atoms with E-state index in [-0.39, 0.29) is 12.2 Å². The molecule has 2 heterocycles. The molecule has 0 unspecified atom stereocenters. The molecular weight excluding hydrogens is 342 g/mol. The molecule has 0 aromatic heterocycles. The third kappa shape index (κ3) is 4.93. The van der Waals surface area contributed by atoms with Gasteiger partial charge in [0, 0.05) is 24.6 Å². The molecule has 0 saturated carbocycles. The summed E-state index contributed by atoms with van der Waals surface area (Å²) in [6.45, 7) is 4.05. The Morgan fingerprint density at radius 2 is 2.04 bits per heavy atom. The number of amides is 1. The van der Waals surface area contributed by atoms with Crippen molar-refractivity contribution in [3.63, 3.8) is 0 Å². The molecule has 0 spiro atoms. The summed E-state index contributed by atoms with van der Waals surface area (Å²) in [5.41, 5.74) is 1.01. The van der Waals surface area contributed by atoms with Crippen LogP contribution in [0.5, 0.6) is 0 Å². The van der Waals surface area contributed by atoms with Crippen LogP contribution < -0.4 is 5.32 Å². The first-order valence-electron chi connectivity index (χ1n) is 8.61. The van der Waals surface area contributed by atoms with Crippen LogP contribution in [0, 0.1) is 17.2 Å². The number of carbonyl (C=O) groups excluding carboxylic acids is 1. The lowest BCUT2D eigenvalue weighted by Gasteiger charge is -2.33. The normalized spacial score (nSPS) is 19.7. The van der Waals surface area contributed by atoms with Gasteiger partial charge in [0.25, 0.3) is 0 Å². The monoisotopic (exact) mass is 363 g/mol. The Balaban J connectivity index is 1.39. The number of hydrogen-bond donors (Lipinski definition) is 1. The van der Waals surface area contributed by atoms with Gasteiger partial charge in [-0.25, -0.2) is 0 Å². The largest absolute Gasteiger partial charge is 0.350 e. The first-order valence-corrected chi connectivity index (χ1v) is 8.98. The van der Waals surface area contributed by atoms with Crippen LogP contribution in [-0.4, -0.2) is 49.9 Å². The second-order valence-corrected chi connectivity index (χ2v) is 6.80. The van der Waals surface area contributed by atoms with E-state index in [1.54, 1.807) is 18.2 Å². The number of nitrogens with zero attached hydrogens (tertiary/aromatic N) is 2. The molecule has 1 amide bonds. The third-order valence-electron chi connectivity index (χ3n) is 4.69. The maximum atomic E-state index is 12.1. The van der Waals surface area contributed by atoms with Crippen molar-refractivity contribution in [2.24, 2.45) is 5.92 Å². The molecule has 2 fully saturated rings. The maximum Gasteiger partial charge on any atom is 0.225 e. The molecule has 0 bridgehead atoms. The van der Waals surface area contributed by atoms with Gasteiger partial charge in [0.1, 0.15) is 6.07 Å². The van der Waals surface area contributed by atoms with E-state index in [1.807, 2.05) is 6.07 Å². The Hall–Kier alpha value is -1.65. The zero-order chi connectivity index (χ0) is 17.6. The van der Waals surface area contributed by atoms with Crippen molar-refractivity contribution in [1.29, 1.82) is 5.26 Å². The number of ether oxygens (including phenoxy) is 2. The third-order valence-corrected chi connectivity index (χ3v) is 5.01. The average molecular weight is 364 g/mol. The lowest BCUT2D eigenvalue weighted by molar-refractivity contribution is -0.117. The zero-order valence-corrected chi connectivity index (χ0v) is 14.8. The van der Waals surface area contributed by atoms with Crippen LogP contribution in [0.1, 0.15) is 24.8 Å². The van der Waals surface area contributed by atoms with Crippen LogP contribution in [0.2, 0.25) is 5.02 Å². The number of hydrogen-bond acceptors (Lipinski definition) is 5. The fourth-order valence-electron chi connectivity index (χ4n) is 3.26. The minimum atomic E-state index is -0.0506. The molecule has 134 valence electrons. The first kappa shape index (κ1) is 18.2. The standard InChI is InChI=1S/C18H22ClN3O3/c19-16-11-15(2-1-14(16)12-20)21-17(23)5-8-22-6-3-13(4-7-22)18-24-9-10-25-18/h1-2,11,13,18H,3-10H2,(H,21,23). The van der Waals surface area contributed by atoms with Gasteiger partial charge >= 0.3 is 0 Å². The second kappa shape index (κ2) is 8.63. The number of benzene rings is 1. The predicted molar refractivity (Wildman–Crippen MR) is 94.3 cm³/mol. The van der Waals surface area contributed by atoms with Crippen molar-refractivity contribution >= 4 is 23.2 Å². The number of rotatable bonds is 5. The smallest absolute Gasteiger partial charge is 0.225 e. The van der Waals surface area contributed by atoms with Crippen LogP contribution in [0.15, 0.2) is 18.2 Å². The number of likely N-dealkylation sites (tertiary alicyclic amines) is 1. The molecule has 7 heteroatoms. The Morgan fingerprint density at radius 1 is 1.32 bits per heavy atom. The fourth-order valence-corrected chi connectivity index (χ4v) is 3.49. The van der Waals surface area contributed by atoms with Gasteiger partial charge in [0.2, 0.25) is 5.91 Å². The number of halogens is 1. The van der Waals surface area contributed by atoms with Gasteiger partial charge in [-0.15, -0.1) is 0 Å². The first-order chi connectivity index (χ1) is 12.2. The Labute approximate surface area is 152 Å². The van der Waals surface area contributed by atoms with Crippen molar-refractivity contribution in [3.05, 3.63) is 28.8 Å². The van der Waals surface area contributed by atoms with E-state index in [9.17, 15) is 4.79 Å². The summed E-state index contributed by atoms with van der Waals surface area (Å²) in [6.07, 6.45) is 2.47. The van der Waals surface area contributed by atoms with Gasteiger partial charge in [-0.2, -0.15) is 5.26 Å². The molecular formula is C18H22ClN3O3. The van der Waals surface area contributed by atoms with Crippen LogP contribution in [0.4, 0.5) is 5.69 Å². The summed E-state index contributed by atoms with van der Waals surface area (Å²) in [4.78, 5) is 14.4. The molecule has 0 radical (unpaired) electrons. The summed E-state index contributed by atoms with van der Waals surface area (Å²) < 4.78 is 11.2. The fraction of sp³-hybridized carbons (Fsp3) is 0.556. The molecule has 2 aliphatic rings. The van der Waals surface area contributed by atoms with Crippen molar-refractivity contribution in [2.45, 2.75) is 25.6 Å². The quantitative estimate of drug-likeness (QED) is 0.870. The van der Waals surface area contributed by atoms with Gasteiger partial charge in [0.15, 0.2) is 6.29 Å². The number of anilines is 1. The molecule has 0 aliphatic carbocycles. The van der Waals surface area contributed by atoms with Crippen molar-refractivity contribution in [2.75, 3.05) is 38.2 Å². The Kier molecular flexibility index (Phi) is 6.27. The maximum absolute atomic E-state index is 12.1. The number of piperidine rings is 1. The van der Waals surface area contributed by atoms with Gasteiger partial charge in [-0.1, -0.05) is 11.6 Å². The van der Waals surface area contributed by atoms with Crippen LogP contribution in [-0.2, 0) is 14.3 Å². The molecule has 1 aromatic rings. The molecule has 2 saturated heterocycles. The van der Waals surface area contributed by atoms with E-state index in [1.165, 1.54) is 0 Å². The van der Waals surface area contributed by atoms with E-state index in [4.69, 9.17) is 26.3 Å². The molecule has 0 atom stereocenters. The number of carbonyl (C=O) groups is 1. The van der Waals surface area contributed by atoms with Crippen molar-refractivity contribution < 1.29 is 14.3 Å². The topological polar surface area (TPSA) is 74.6 Å². The molecule has 1 aromatic carbocycles. The van der Waals surface area contributed by atoms with E-state index in [0.717, 1.165) is 32.5 Å². The molecule has 3 rings (SSSR count). The second-order valence-electron chi connectivity index (χ2n) is 6.39. The number of nitrogens with one attached hydrogen (secondary N) is 1. The van der Waals surface area contributed by atoms with Gasteiger partial charge < -0.3 is 19.7 Å². The van der Waals surface area contributed by atoms with E-state index in [2.05, 4.69) is 10.2 Å². The van der Waals surface area contributed by atoms with Crippen molar-refractivity contribution in [1.82, 2.24) is 4.90 Å². The lowest BCUT2D eigenvalue weighted by atomic mass is 9.96. The molecule has 2 aliphatic heterocycles. The van der Waals surface area contributed by atoms with Crippen LogP contribution in [0.25, 0.3) is 0 Å². The van der Waals surface area contributed by atoms with E-state index >= 15 is 0 Å². The zero-order valence-electron chi connectivity index (χ0n) is 14.0. The highest BCUT2D eigenvalue weighted by atomic mass is 35.5. The van der Waals surface area contributed by atoms with Crippen LogP contribution >= 0.6 is 11.6 Å². The highest BCUT2D eigenvalue weighted by Crippen LogP contribution is 2.26. The molecule has 6 nitrogen and oxygen atoms in total. The van der Waals surface area contributed by atoms with Gasteiger partial charge in [-0.3, -0.25) is 4.79 Å². The lowest BCUT2D eigenvalue weighted by Crippen LogP contribution is -2.39. The van der Waals surface area contributed by atoms with Gasteiger partial charge in [0.05, 0.1) is 23.8 Å². The minimum Gasteiger partial charge on any atom is -0.350 e. The van der Waals surface area contributed by atoms with Crippen LogP contribution in [0.3, 0.4) is 0 Å². The van der Waals surface area contributed by atoms with Crippen molar-refractivity contribution in [3.8, 4) is 6.07 Å². The van der Waals surface area contributed by atoms with Gasteiger partial charge in [-0.05, 0) is 44.1 Å². The molecule has 1 N–H and O–H groups in total. The molecule has 25 heavy (non-hydrogen) atoms. The Bertz CT molecular complexity index is 647. The number of nitriles is 1. The highest BCUT2D eigenvalue weighted by Gasteiger charge is 2.30. The Morgan fingerprint density at radius 3 is 2.68 bits per heavy atom. The van der Waals surface area contributed by atoms with E-state index < -0.39 is 0 Å². The predicted octanol–water partition coefficient (Wildman–Crippen LogP) is 2.63. The summed E-state index contributed by atoms with van der Waals surface area (Å²) in [5, 5.41) is 12.0. The average Bonchev–Trinajstić information content (AvgIpc) is 3.15. The summed E-state index contributed by atoms with van der Waals surface area (Å²) >= 11 is 5.98. The summed E-state index contributed by atoms with van der Waals surface area (Å²) in [5.74, 6) is 0.415.